The van der Waals surface area contributed by atoms with Crippen LogP contribution in [0.2, 0.25) is 0 Å². The monoisotopic (exact) mass is 536 g/mol. The normalized spacial score (nSPS) is 14.0. The lowest BCUT2D eigenvalue weighted by molar-refractivity contribution is 0.607. The molecule has 1 heterocycles. The minimum absolute atomic E-state index is 0.416. The average molecular weight is 537 g/mol. The molecule has 0 bridgehead atoms. The molecule has 1 fully saturated rings. The summed E-state index contributed by atoms with van der Waals surface area (Å²) in [7, 11) is -1.20. The molecular weight excluding hydrogens is 507 g/mol. The maximum atomic E-state index is 7.20. The number of hydrogen-bond acceptors (Lipinski definition) is 2. The van der Waals surface area contributed by atoms with E-state index < -0.39 is 8.01 Å². The van der Waals surface area contributed by atoms with Gasteiger partial charge in [-0.15, -0.1) is 0 Å². The van der Waals surface area contributed by atoms with Crippen LogP contribution in [0, 0.1) is 0 Å². The summed E-state index contributed by atoms with van der Waals surface area (Å²) >= 11 is 0. The van der Waals surface area contributed by atoms with Gasteiger partial charge in [0.1, 0.15) is 0 Å². The van der Waals surface area contributed by atoms with Gasteiger partial charge in [0.05, 0.1) is 5.66 Å². The fourth-order valence-corrected chi connectivity index (χ4v) is 8.33. The van der Waals surface area contributed by atoms with Crippen LogP contribution in [0.4, 0.5) is 0 Å². The second kappa shape index (κ2) is 9.73. The summed E-state index contributed by atoms with van der Waals surface area (Å²) < 4.78 is 14.4. The smallest absolute Gasteiger partial charge is 0.219 e. The van der Waals surface area contributed by atoms with Crippen LogP contribution in [-0.2, 0) is 0 Å². The van der Waals surface area contributed by atoms with E-state index in [4.69, 9.17) is 8.39 Å². The summed E-state index contributed by atoms with van der Waals surface area (Å²) in [6.45, 7) is 0. The molecule has 0 saturated heterocycles. The Morgan fingerprint density at radius 3 is 1.40 bits per heavy atom. The molecule has 0 atom stereocenters. The minimum Gasteiger partial charge on any atom is -0.418 e. The van der Waals surface area contributed by atoms with Gasteiger partial charge >= 0.3 is 0 Å². The molecule has 8 rings (SSSR count). The van der Waals surface area contributed by atoms with Gasteiger partial charge in [-0.1, -0.05) is 122 Å². The standard InChI is InChI=1S/C37H29O2P/c1-3-13-25(14-4-1)32-23-27-17-7-11-21-30(27)34-35-31-22-12-8-18-28(31)24-33(26-15-5-2-6-16-26)37(35)39-40(38-36(32)34)29-19-9-10-20-29/h1-8,11-18,21-24,29H,9-10,19-20H2. The van der Waals surface area contributed by atoms with Crippen LogP contribution >= 0.6 is 8.01 Å². The predicted molar refractivity (Wildman–Crippen MR) is 170 cm³/mol. The summed E-state index contributed by atoms with van der Waals surface area (Å²) in [6, 6.07) is 43.4. The summed E-state index contributed by atoms with van der Waals surface area (Å²) in [5, 5.41) is 7.08. The van der Waals surface area contributed by atoms with Crippen molar-refractivity contribution in [2.75, 3.05) is 0 Å². The van der Waals surface area contributed by atoms with E-state index in [2.05, 4.69) is 121 Å². The van der Waals surface area contributed by atoms with Crippen molar-refractivity contribution in [3.8, 4) is 22.3 Å². The summed E-state index contributed by atoms with van der Waals surface area (Å²) in [5.74, 6) is 0. The Morgan fingerprint density at radius 1 is 0.500 bits per heavy atom. The topological polar surface area (TPSA) is 26.3 Å². The van der Waals surface area contributed by atoms with Gasteiger partial charge in [-0.3, -0.25) is 0 Å². The van der Waals surface area contributed by atoms with Crippen LogP contribution in [0.3, 0.4) is 0 Å². The molecule has 0 amide bonds. The molecule has 6 aromatic carbocycles. The third-order valence-corrected chi connectivity index (χ3v) is 10.2. The van der Waals surface area contributed by atoms with E-state index in [1.54, 1.807) is 0 Å². The SMILES string of the molecule is c1ccc(-c2cc3ccccc3c3c2op(C2CCCC2)oc2c(-c4ccccc4)cc4ccccc4c23)cc1. The zero-order valence-corrected chi connectivity index (χ0v) is 23.1. The molecule has 2 nitrogen and oxygen atoms in total. The summed E-state index contributed by atoms with van der Waals surface area (Å²) in [5.41, 5.74) is 6.92. The molecule has 0 N–H and O–H groups in total. The summed E-state index contributed by atoms with van der Waals surface area (Å²) in [4.78, 5) is 0. The number of fused-ring (bicyclic) bond motifs is 7. The molecule has 0 spiro atoms. The van der Waals surface area contributed by atoms with Gasteiger partial charge in [0.25, 0.3) is 0 Å². The van der Waals surface area contributed by atoms with Gasteiger partial charge in [-0.05, 0) is 57.6 Å². The van der Waals surface area contributed by atoms with Crippen molar-refractivity contribution >= 4 is 51.5 Å². The van der Waals surface area contributed by atoms with Crippen LogP contribution in [0.25, 0.3) is 65.7 Å². The van der Waals surface area contributed by atoms with Gasteiger partial charge in [0.2, 0.25) is 8.01 Å². The van der Waals surface area contributed by atoms with E-state index in [-0.39, 0.29) is 0 Å². The van der Waals surface area contributed by atoms with E-state index >= 15 is 0 Å². The molecule has 1 aliphatic carbocycles. The number of rotatable bonds is 3. The van der Waals surface area contributed by atoms with Crippen LogP contribution < -0.4 is 0 Å². The van der Waals surface area contributed by atoms with Crippen molar-refractivity contribution in [2.45, 2.75) is 31.3 Å². The first kappa shape index (κ1) is 23.6. The Labute approximate surface area is 234 Å². The zero-order chi connectivity index (χ0) is 26.5. The third kappa shape index (κ3) is 3.86. The zero-order valence-electron chi connectivity index (χ0n) is 22.2. The first-order valence-electron chi connectivity index (χ1n) is 14.2. The maximum Gasteiger partial charge on any atom is 0.219 e. The van der Waals surface area contributed by atoms with Gasteiger partial charge in [-0.25, -0.2) is 0 Å². The highest BCUT2D eigenvalue weighted by Crippen LogP contribution is 2.54. The van der Waals surface area contributed by atoms with Crippen LogP contribution in [-0.4, -0.2) is 0 Å². The first-order valence-corrected chi connectivity index (χ1v) is 15.5. The lowest BCUT2D eigenvalue weighted by atomic mass is 9.91. The Hall–Kier alpha value is -4.26. The highest BCUT2D eigenvalue weighted by molar-refractivity contribution is 7.37. The van der Waals surface area contributed by atoms with Gasteiger partial charge in [0.15, 0.2) is 11.2 Å². The fourth-order valence-electron chi connectivity index (χ4n) is 6.47. The quantitative estimate of drug-likeness (QED) is 0.224. The molecule has 0 unspecified atom stereocenters. The molecular formula is C37H29O2P. The Kier molecular flexibility index (Phi) is 5.75. The summed E-state index contributed by atoms with van der Waals surface area (Å²) in [6.07, 6.45) is 4.78. The van der Waals surface area contributed by atoms with Crippen molar-refractivity contribution in [2.24, 2.45) is 0 Å². The molecule has 40 heavy (non-hydrogen) atoms. The van der Waals surface area contributed by atoms with Crippen molar-refractivity contribution in [1.82, 2.24) is 0 Å². The van der Waals surface area contributed by atoms with E-state index in [9.17, 15) is 0 Å². The van der Waals surface area contributed by atoms with Crippen molar-refractivity contribution in [3.63, 3.8) is 0 Å². The lowest BCUT2D eigenvalue weighted by Crippen LogP contribution is -1.87. The Balaban J connectivity index is 1.69. The minimum atomic E-state index is -1.20. The van der Waals surface area contributed by atoms with Crippen molar-refractivity contribution in [1.29, 1.82) is 0 Å². The van der Waals surface area contributed by atoms with Gasteiger partial charge < -0.3 is 8.39 Å². The highest BCUT2D eigenvalue weighted by atomic mass is 31.1. The molecule has 7 aromatic rings. The van der Waals surface area contributed by atoms with Gasteiger partial charge in [-0.2, -0.15) is 0 Å². The number of benzene rings is 6. The van der Waals surface area contributed by atoms with Crippen molar-refractivity contribution in [3.05, 3.63) is 121 Å². The molecule has 194 valence electrons. The second-order valence-corrected chi connectivity index (χ2v) is 12.5. The van der Waals surface area contributed by atoms with Gasteiger partial charge in [0, 0.05) is 21.9 Å². The Morgan fingerprint density at radius 2 is 0.925 bits per heavy atom. The van der Waals surface area contributed by atoms with Crippen molar-refractivity contribution < 1.29 is 8.39 Å². The van der Waals surface area contributed by atoms with Crippen LogP contribution in [0.15, 0.2) is 130 Å². The maximum absolute atomic E-state index is 7.20. The number of hydrogen-bond donors (Lipinski definition) is 0. The van der Waals surface area contributed by atoms with Crippen LogP contribution in [0.1, 0.15) is 31.3 Å². The third-order valence-electron chi connectivity index (χ3n) is 8.41. The van der Waals surface area contributed by atoms with E-state index in [0.717, 1.165) is 57.0 Å². The predicted octanol–water partition coefficient (Wildman–Crippen LogP) is 12.0. The molecule has 0 aliphatic heterocycles. The lowest BCUT2D eigenvalue weighted by Gasteiger charge is -2.12. The largest absolute Gasteiger partial charge is 0.418 e. The first-order chi connectivity index (χ1) is 19.8. The molecule has 1 aromatic heterocycles. The molecule has 0 radical (unpaired) electrons. The van der Waals surface area contributed by atoms with E-state index in [0.29, 0.717) is 5.66 Å². The fraction of sp³-hybridized carbons (Fsp3) is 0.135. The van der Waals surface area contributed by atoms with Crippen LogP contribution in [0.5, 0.6) is 0 Å². The van der Waals surface area contributed by atoms with E-state index in [1.807, 2.05) is 0 Å². The second-order valence-electron chi connectivity index (χ2n) is 10.8. The Bertz CT molecular complexity index is 1910. The molecule has 3 heteroatoms. The highest BCUT2D eigenvalue weighted by Gasteiger charge is 2.25. The average Bonchev–Trinajstić information content (AvgIpc) is 3.50. The molecule has 1 saturated carbocycles. The molecule has 1 aliphatic rings. The van der Waals surface area contributed by atoms with E-state index in [1.165, 1.54) is 34.4 Å².